The van der Waals surface area contributed by atoms with Gasteiger partial charge in [0.2, 0.25) is 5.95 Å². The Hall–Kier alpha value is -3.94. The van der Waals surface area contributed by atoms with E-state index in [0.717, 1.165) is 74.8 Å². The molecule has 1 saturated carbocycles. The smallest absolute Gasteiger partial charge is 0.254 e. The molecule has 1 aliphatic carbocycles. The lowest BCUT2D eigenvalue weighted by atomic mass is 9.60. The van der Waals surface area contributed by atoms with E-state index in [1.807, 2.05) is 38.1 Å². The monoisotopic (exact) mass is 568 g/mol. The molecule has 3 aromatic rings. The summed E-state index contributed by atoms with van der Waals surface area (Å²) >= 11 is 0. The van der Waals surface area contributed by atoms with Crippen LogP contribution in [0.3, 0.4) is 0 Å². The van der Waals surface area contributed by atoms with Crippen molar-refractivity contribution in [3.8, 4) is 11.8 Å². The first kappa shape index (κ1) is 28.2. The highest BCUT2D eigenvalue weighted by Crippen LogP contribution is 2.51. The summed E-state index contributed by atoms with van der Waals surface area (Å²) in [5.41, 5.74) is 5.54. The Kier molecular flexibility index (Phi) is 7.88. The summed E-state index contributed by atoms with van der Waals surface area (Å²) in [5.74, 6) is 1.36. The van der Waals surface area contributed by atoms with Gasteiger partial charge in [0.15, 0.2) is 0 Å². The topological polar surface area (TPSA) is 111 Å². The van der Waals surface area contributed by atoms with Crippen molar-refractivity contribution in [2.75, 3.05) is 51.7 Å². The molecule has 6 rings (SSSR count). The van der Waals surface area contributed by atoms with Gasteiger partial charge < -0.3 is 24.8 Å². The number of carbonyl (C=O) groups excluding carboxylic acids is 1. The number of aromatic nitrogens is 3. The van der Waals surface area contributed by atoms with Gasteiger partial charge in [0, 0.05) is 82.0 Å². The van der Waals surface area contributed by atoms with Gasteiger partial charge >= 0.3 is 0 Å². The number of carbonyl (C=O) groups is 1. The zero-order chi connectivity index (χ0) is 29.3. The van der Waals surface area contributed by atoms with E-state index in [4.69, 9.17) is 4.74 Å². The molecule has 1 aromatic carbocycles. The van der Waals surface area contributed by atoms with Crippen molar-refractivity contribution in [1.29, 1.82) is 5.26 Å². The summed E-state index contributed by atoms with van der Waals surface area (Å²) in [7, 11) is 1.87. The van der Waals surface area contributed by atoms with Gasteiger partial charge in [-0.15, -0.1) is 0 Å². The molecule has 4 heterocycles. The number of ether oxygens (including phenoxy) is 1. The molecule has 220 valence electrons. The SMILES string of the molecule is CCOc1cc([C@H](C)N2CC3(CCC3)c3c(CN4CCNCC4)cc(Cn4ccnc4NC)cc3C2=O)ncc1C#N. The number of piperazine rings is 1. The minimum Gasteiger partial charge on any atom is -0.492 e. The third-order valence-corrected chi connectivity index (χ3v) is 9.18. The quantitative estimate of drug-likeness (QED) is 0.402. The molecule has 2 fully saturated rings. The Morgan fingerprint density at radius 1 is 1.19 bits per heavy atom. The number of pyridine rings is 1. The molecule has 0 unspecified atom stereocenters. The number of imidazole rings is 1. The number of hydrogen-bond acceptors (Lipinski definition) is 8. The minimum absolute atomic E-state index is 0.0435. The second kappa shape index (κ2) is 11.7. The van der Waals surface area contributed by atoms with Gasteiger partial charge in [0.1, 0.15) is 17.4 Å². The lowest BCUT2D eigenvalue weighted by molar-refractivity contribution is 0.0481. The third-order valence-electron chi connectivity index (χ3n) is 9.18. The van der Waals surface area contributed by atoms with E-state index in [2.05, 4.69) is 48.3 Å². The Labute approximate surface area is 247 Å². The highest BCUT2D eigenvalue weighted by atomic mass is 16.5. The van der Waals surface area contributed by atoms with Gasteiger partial charge in [-0.2, -0.15) is 5.26 Å². The van der Waals surface area contributed by atoms with Crippen molar-refractivity contribution in [2.45, 2.75) is 57.7 Å². The summed E-state index contributed by atoms with van der Waals surface area (Å²) in [6.45, 7) is 10.5. The van der Waals surface area contributed by atoms with E-state index in [0.29, 0.717) is 31.0 Å². The maximum absolute atomic E-state index is 14.5. The average molecular weight is 569 g/mol. The second-order valence-electron chi connectivity index (χ2n) is 11.7. The molecule has 10 nitrogen and oxygen atoms in total. The normalized spacial score (nSPS) is 18.7. The van der Waals surface area contributed by atoms with E-state index < -0.39 is 0 Å². The maximum atomic E-state index is 14.5. The van der Waals surface area contributed by atoms with Gasteiger partial charge in [0.25, 0.3) is 5.91 Å². The fraction of sp³-hybridized carbons (Fsp3) is 0.500. The highest BCUT2D eigenvalue weighted by molar-refractivity contribution is 5.98. The first-order valence-corrected chi connectivity index (χ1v) is 15.1. The molecule has 2 aliphatic heterocycles. The number of anilines is 1. The van der Waals surface area contributed by atoms with Gasteiger partial charge in [-0.25, -0.2) is 4.98 Å². The van der Waals surface area contributed by atoms with Crippen molar-refractivity contribution in [3.63, 3.8) is 0 Å². The van der Waals surface area contributed by atoms with Crippen LogP contribution in [0.15, 0.2) is 36.8 Å². The number of fused-ring (bicyclic) bond motifs is 2. The molecule has 2 N–H and O–H groups in total. The molecule has 1 atom stereocenters. The largest absolute Gasteiger partial charge is 0.492 e. The van der Waals surface area contributed by atoms with Crippen LogP contribution in [0.4, 0.5) is 5.95 Å². The molecule has 10 heteroatoms. The molecule has 42 heavy (non-hydrogen) atoms. The van der Waals surface area contributed by atoms with E-state index in [1.54, 1.807) is 12.4 Å². The second-order valence-corrected chi connectivity index (χ2v) is 11.7. The summed E-state index contributed by atoms with van der Waals surface area (Å²) in [6.07, 6.45) is 8.63. The fourth-order valence-electron chi connectivity index (χ4n) is 6.91. The number of hydrogen-bond donors (Lipinski definition) is 2. The van der Waals surface area contributed by atoms with Crippen LogP contribution in [0.1, 0.15) is 77.5 Å². The first-order valence-electron chi connectivity index (χ1n) is 15.1. The van der Waals surface area contributed by atoms with Gasteiger partial charge in [-0.05, 0) is 49.4 Å². The maximum Gasteiger partial charge on any atom is 0.254 e. The third kappa shape index (κ3) is 5.12. The number of nitrogens with one attached hydrogen (secondary N) is 2. The zero-order valence-corrected chi connectivity index (χ0v) is 24.8. The molecule has 1 spiro atoms. The van der Waals surface area contributed by atoms with Crippen molar-refractivity contribution >= 4 is 11.9 Å². The first-order chi connectivity index (χ1) is 20.5. The number of rotatable bonds is 9. The number of benzene rings is 1. The molecule has 3 aliphatic rings. The standard InChI is InChI=1S/C32H40N8O2/c1-4-42-28-16-27(37-18-25(28)17-33)22(2)40-21-32(6-5-7-32)29-24(20-38-11-8-35-9-12-38)14-23(15-26(29)30(40)41)19-39-13-10-36-31(39)34-3/h10,13-16,18,22,35H,4-9,11-12,19-21H2,1-3H3,(H,34,36)/t22-/m0/s1. The van der Waals surface area contributed by atoms with E-state index in [9.17, 15) is 10.1 Å². The minimum atomic E-state index is -0.264. The van der Waals surface area contributed by atoms with Gasteiger partial charge in [-0.1, -0.05) is 12.5 Å². The van der Waals surface area contributed by atoms with Crippen LogP contribution in [-0.2, 0) is 18.5 Å². The molecule has 2 aromatic heterocycles. The molecule has 0 radical (unpaired) electrons. The number of nitriles is 1. The molecule has 1 saturated heterocycles. The predicted octanol–water partition coefficient (Wildman–Crippen LogP) is 3.68. The average Bonchev–Trinajstić information content (AvgIpc) is 3.44. The summed E-state index contributed by atoms with van der Waals surface area (Å²) in [6, 6.07) is 8.18. The lowest BCUT2D eigenvalue weighted by Gasteiger charge is -2.52. The Morgan fingerprint density at radius 3 is 2.69 bits per heavy atom. The van der Waals surface area contributed by atoms with Crippen LogP contribution < -0.4 is 15.4 Å². The Balaban J connectivity index is 1.42. The number of nitrogens with zero attached hydrogens (tertiary/aromatic N) is 6. The van der Waals surface area contributed by atoms with E-state index in [-0.39, 0.29) is 17.4 Å². The van der Waals surface area contributed by atoms with Gasteiger partial charge in [-0.3, -0.25) is 14.7 Å². The van der Waals surface area contributed by atoms with Crippen LogP contribution in [0.5, 0.6) is 5.75 Å². The van der Waals surface area contributed by atoms with Crippen molar-refractivity contribution < 1.29 is 9.53 Å². The van der Waals surface area contributed by atoms with Crippen LogP contribution in [0.25, 0.3) is 0 Å². The van der Waals surface area contributed by atoms with Crippen LogP contribution in [-0.4, -0.2) is 76.6 Å². The highest BCUT2D eigenvalue weighted by Gasteiger charge is 2.49. The Morgan fingerprint density at radius 2 is 2.00 bits per heavy atom. The Bertz CT molecular complexity index is 1500. The molecular formula is C32H40N8O2. The summed E-state index contributed by atoms with van der Waals surface area (Å²) in [4.78, 5) is 28.0. The molecule has 1 amide bonds. The number of amides is 1. The van der Waals surface area contributed by atoms with Crippen LogP contribution in [0, 0.1) is 11.3 Å². The van der Waals surface area contributed by atoms with E-state index in [1.165, 1.54) is 11.1 Å². The fourth-order valence-corrected chi connectivity index (χ4v) is 6.91. The lowest BCUT2D eigenvalue weighted by Crippen LogP contribution is -2.54. The van der Waals surface area contributed by atoms with Crippen LogP contribution >= 0.6 is 0 Å². The van der Waals surface area contributed by atoms with Crippen molar-refractivity contribution in [1.82, 2.24) is 29.7 Å². The van der Waals surface area contributed by atoms with Crippen LogP contribution in [0.2, 0.25) is 0 Å². The summed E-state index contributed by atoms with van der Waals surface area (Å²) < 4.78 is 7.83. The predicted molar refractivity (Wildman–Crippen MR) is 161 cm³/mol. The van der Waals surface area contributed by atoms with Crippen molar-refractivity contribution in [3.05, 3.63) is 70.3 Å². The molecule has 0 bridgehead atoms. The summed E-state index contributed by atoms with van der Waals surface area (Å²) in [5, 5.41) is 16.2. The van der Waals surface area contributed by atoms with Gasteiger partial charge in [0.05, 0.1) is 24.9 Å². The van der Waals surface area contributed by atoms with Crippen molar-refractivity contribution in [2.24, 2.45) is 0 Å². The molecular weight excluding hydrogens is 528 g/mol. The zero-order valence-electron chi connectivity index (χ0n) is 24.8. The van der Waals surface area contributed by atoms with E-state index >= 15 is 0 Å².